The zero-order chi connectivity index (χ0) is 6.85. The van der Waals surface area contributed by atoms with Gasteiger partial charge < -0.3 is 4.52 Å². The lowest BCUT2D eigenvalue weighted by Gasteiger charge is -1.84. The average Bonchev–Trinajstić information content (AvgIpc) is 2.15. The van der Waals surface area contributed by atoms with Crippen LogP contribution in [0.1, 0.15) is 11.3 Å². The normalized spacial score (nSPS) is 10.1. The van der Waals surface area contributed by atoms with Crippen LogP contribution in [0.2, 0.25) is 0 Å². The fourth-order valence-corrected chi connectivity index (χ4v) is 1.35. The fraction of sp³-hybridized carbons (Fsp3) is 0.400. The minimum atomic E-state index is 0.788. The summed E-state index contributed by atoms with van der Waals surface area (Å²) in [5, 5.41) is 4.53. The highest BCUT2D eigenvalue weighted by Crippen LogP contribution is 2.26. The van der Waals surface area contributed by atoms with Crippen LogP contribution in [0.4, 0.5) is 0 Å². The quantitative estimate of drug-likeness (QED) is 0.505. The second-order valence-electron chi connectivity index (χ2n) is 1.77. The van der Waals surface area contributed by atoms with Crippen molar-refractivity contribution in [3.05, 3.63) is 11.3 Å². The van der Waals surface area contributed by atoms with Gasteiger partial charge in [0.15, 0.2) is 0 Å². The number of aromatic nitrogens is 1. The van der Waals surface area contributed by atoms with Crippen LogP contribution >= 0.6 is 22.5 Å². The zero-order valence-electron chi connectivity index (χ0n) is 5.21. The highest BCUT2D eigenvalue weighted by Gasteiger charge is 2.05. The van der Waals surface area contributed by atoms with Gasteiger partial charge in [0.1, 0.15) is 0 Å². The van der Waals surface area contributed by atoms with Crippen molar-refractivity contribution in [1.29, 1.82) is 0 Å². The van der Waals surface area contributed by atoms with Crippen LogP contribution in [0, 0.1) is 13.8 Å². The third kappa shape index (κ3) is 1.24. The van der Waals surface area contributed by atoms with Crippen LogP contribution in [0.3, 0.4) is 0 Å². The lowest BCUT2D eigenvalue weighted by atomic mass is 10.3. The molecular formula is C5H7NOS2. The molecule has 0 bridgehead atoms. The number of aryl methyl sites for hydroxylation is 1. The third-order valence-corrected chi connectivity index (χ3v) is 2.24. The van der Waals surface area contributed by atoms with E-state index in [1.807, 2.05) is 13.8 Å². The summed E-state index contributed by atoms with van der Waals surface area (Å²) in [7, 11) is 1.28. The molecule has 0 atom stereocenters. The minimum absolute atomic E-state index is 0.788. The second kappa shape index (κ2) is 2.66. The molecule has 1 rings (SSSR count). The summed E-state index contributed by atoms with van der Waals surface area (Å²) in [5.74, 6) is 0. The van der Waals surface area contributed by atoms with Crippen LogP contribution in [-0.4, -0.2) is 5.16 Å². The van der Waals surface area contributed by atoms with Crippen LogP contribution in [0.5, 0.6) is 0 Å². The van der Waals surface area contributed by atoms with Crippen molar-refractivity contribution in [3.63, 3.8) is 0 Å². The van der Waals surface area contributed by atoms with Crippen LogP contribution in [0.15, 0.2) is 9.62 Å². The standard InChI is InChI=1S/C5H7NOS2/c1-3-4(2)6-7-5(3)9-8/h8H,1-2H3. The molecule has 1 heterocycles. The first-order valence-corrected chi connectivity index (χ1v) is 4.37. The van der Waals surface area contributed by atoms with E-state index in [0.717, 1.165) is 16.3 Å². The maximum absolute atomic E-state index is 4.88. The molecule has 2 nitrogen and oxygen atoms in total. The number of hydrogen-bond donors (Lipinski definition) is 1. The lowest BCUT2D eigenvalue weighted by Crippen LogP contribution is -1.71. The second-order valence-corrected chi connectivity index (χ2v) is 2.87. The van der Waals surface area contributed by atoms with E-state index < -0.39 is 0 Å². The van der Waals surface area contributed by atoms with E-state index in [-0.39, 0.29) is 0 Å². The largest absolute Gasteiger partial charge is 0.348 e. The molecule has 0 aliphatic rings. The summed E-state index contributed by atoms with van der Waals surface area (Å²) >= 11 is 3.98. The molecule has 0 unspecified atom stereocenters. The number of nitrogens with zero attached hydrogens (tertiary/aromatic N) is 1. The smallest absolute Gasteiger partial charge is 0.206 e. The highest BCUT2D eigenvalue weighted by atomic mass is 33.1. The molecule has 0 N–H and O–H groups in total. The van der Waals surface area contributed by atoms with Gasteiger partial charge in [0.05, 0.1) is 5.69 Å². The summed E-state index contributed by atoms with van der Waals surface area (Å²) in [4.78, 5) is 0. The van der Waals surface area contributed by atoms with E-state index in [1.54, 1.807) is 0 Å². The first kappa shape index (κ1) is 7.02. The Morgan fingerprint density at radius 1 is 1.56 bits per heavy atom. The molecule has 4 heteroatoms. The molecule has 0 saturated carbocycles. The molecular weight excluding hydrogens is 154 g/mol. The van der Waals surface area contributed by atoms with Crippen molar-refractivity contribution >= 4 is 22.5 Å². The van der Waals surface area contributed by atoms with Gasteiger partial charge in [-0.1, -0.05) is 5.16 Å². The number of hydrogen-bond acceptors (Lipinski definition) is 4. The van der Waals surface area contributed by atoms with Gasteiger partial charge in [-0.05, 0) is 24.6 Å². The Hall–Kier alpha value is -0.0900. The molecule has 0 aliphatic carbocycles. The molecule has 50 valence electrons. The van der Waals surface area contributed by atoms with E-state index in [0.29, 0.717) is 0 Å². The van der Waals surface area contributed by atoms with Gasteiger partial charge in [-0.15, -0.1) is 11.7 Å². The van der Waals surface area contributed by atoms with E-state index in [1.165, 1.54) is 10.8 Å². The summed E-state index contributed by atoms with van der Waals surface area (Å²) in [6.07, 6.45) is 0. The molecule has 0 fully saturated rings. The van der Waals surface area contributed by atoms with Gasteiger partial charge in [-0.2, -0.15) is 0 Å². The maximum atomic E-state index is 4.88. The van der Waals surface area contributed by atoms with Gasteiger partial charge in [0.2, 0.25) is 5.09 Å². The molecule has 0 saturated heterocycles. The van der Waals surface area contributed by atoms with E-state index in [2.05, 4.69) is 16.8 Å². The predicted octanol–water partition coefficient (Wildman–Crippen LogP) is 2.23. The lowest BCUT2D eigenvalue weighted by molar-refractivity contribution is 0.346. The van der Waals surface area contributed by atoms with Gasteiger partial charge in [0, 0.05) is 5.56 Å². The molecule has 1 aromatic rings. The SMILES string of the molecule is Cc1noc(SS)c1C. The van der Waals surface area contributed by atoms with Crippen LogP contribution in [-0.2, 0) is 0 Å². The van der Waals surface area contributed by atoms with Crippen molar-refractivity contribution in [2.75, 3.05) is 0 Å². The monoisotopic (exact) mass is 161 g/mol. The zero-order valence-corrected chi connectivity index (χ0v) is 6.92. The Morgan fingerprint density at radius 3 is 2.44 bits per heavy atom. The Labute approximate surface area is 62.8 Å². The molecule has 0 aromatic carbocycles. The minimum Gasteiger partial charge on any atom is -0.348 e. The molecule has 1 aromatic heterocycles. The van der Waals surface area contributed by atoms with Crippen molar-refractivity contribution in [1.82, 2.24) is 5.16 Å². The molecule has 9 heavy (non-hydrogen) atoms. The first-order valence-electron chi connectivity index (χ1n) is 2.50. The maximum Gasteiger partial charge on any atom is 0.206 e. The summed E-state index contributed by atoms with van der Waals surface area (Å²) < 4.78 is 4.88. The van der Waals surface area contributed by atoms with Gasteiger partial charge >= 0.3 is 0 Å². The Morgan fingerprint density at radius 2 is 2.22 bits per heavy atom. The Bertz CT molecular complexity index is 209. The highest BCUT2D eigenvalue weighted by molar-refractivity contribution is 8.68. The van der Waals surface area contributed by atoms with Gasteiger partial charge in [0.25, 0.3) is 0 Å². The Balaban J connectivity index is 3.04. The van der Waals surface area contributed by atoms with Crippen molar-refractivity contribution in [2.45, 2.75) is 18.9 Å². The van der Waals surface area contributed by atoms with Gasteiger partial charge in [-0.25, -0.2) is 0 Å². The van der Waals surface area contributed by atoms with E-state index in [9.17, 15) is 0 Å². The fourth-order valence-electron chi connectivity index (χ4n) is 0.480. The first-order chi connectivity index (χ1) is 4.25. The van der Waals surface area contributed by atoms with Crippen molar-refractivity contribution in [2.24, 2.45) is 0 Å². The molecule has 0 radical (unpaired) electrons. The summed E-state index contributed by atoms with van der Waals surface area (Å²) in [5.41, 5.74) is 2.02. The van der Waals surface area contributed by atoms with Crippen LogP contribution in [0.25, 0.3) is 0 Å². The van der Waals surface area contributed by atoms with Crippen LogP contribution < -0.4 is 0 Å². The number of rotatable bonds is 1. The van der Waals surface area contributed by atoms with E-state index in [4.69, 9.17) is 4.52 Å². The third-order valence-electron chi connectivity index (χ3n) is 1.20. The average molecular weight is 161 g/mol. The number of thiol groups is 1. The predicted molar refractivity (Wildman–Crippen MR) is 40.8 cm³/mol. The molecule has 0 spiro atoms. The summed E-state index contributed by atoms with van der Waals surface area (Å²) in [6, 6.07) is 0. The van der Waals surface area contributed by atoms with E-state index >= 15 is 0 Å². The molecule has 0 amide bonds. The Kier molecular flexibility index (Phi) is 2.08. The van der Waals surface area contributed by atoms with Crippen molar-refractivity contribution in [3.8, 4) is 0 Å². The van der Waals surface area contributed by atoms with Gasteiger partial charge in [-0.3, -0.25) is 0 Å². The summed E-state index contributed by atoms with van der Waals surface area (Å²) in [6.45, 7) is 3.87. The topological polar surface area (TPSA) is 26.0 Å². The molecule has 0 aliphatic heterocycles. The van der Waals surface area contributed by atoms with Crippen molar-refractivity contribution < 1.29 is 4.52 Å².